The molecule has 108 valence electrons. The molecular weight excluding hydrogens is 278 g/mol. The topological polar surface area (TPSA) is 71.9 Å². The molecule has 5 heteroatoms. The summed E-state index contributed by atoms with van der Waals surface area (Å²) in [6.07, 6.45) is -0.404. The highest BCUT2D eigenvalue weighted by atomic mass is 16.5. The van der Waals surface area contributed by atoms with E-state index in [4.69, 9.17) is 14.4 Å². The maximum Gasteiger partial charge on any atom is 0.257 e. The Morgan fingerprint density at radius 1 is 1.09 bits per heavy atom. The third-order valence-electron chi connectivity index (χ3n) is 3.09. The van der Waals surface area contributed by atoms with Crippen LogP contribution in [0.2, 0.25) is 0 Å². The second kappa shape index (κ2) is 6.10. The largest absolute Gasteiger partial charge is 0.481 e. The van der Waals surface area contributed by atoms with Crippen LogP contribution in [0.5, 0.6) is 5.75 Å². The molecule has 3 aromatic rings. The van der Waals surface area contributed by atoms with Crippen molar-refractivity contribution in [2.45, 2.75) is 13.0 Å². The molecule has 1 heterocycles. The highest BCUT2D eigenvalue weighted by Crippen LogP contribution is 2.24. The zero-order valence-electron chi connectivity index (χ0n) is 11.9. The van der Waals surface area contributed by atoms with Crippen LogP contribution in [0.15, 0.2) is 59.0 Å². The number of rotatable bonds is 4. The van der Waals surface area contributed by atoms with E-state index in [9.17, 15) is 0 Å². The summed E-state index contributed by atoms with van der Waals surface area (Å²) in [5, 5.41) is 17.0. The minimum absolute atomic E-state index is 0.390. The summed E-state index contributed by atoms with van der Waals surface area (Å²) in [6.45, 7) is 1.82. The molecule has 0 aliphatic rings. The fourth-order valence-electron chi connectivity index (χ4n) is 1.99. The zero-order valence-corrected chi connectivity index (χ0v) is 11.9. The number of benzene rings is 2. The van der Waals surface area contributed by atoms with Gasteiger partial charge in [-0.15, -0.1) is 10.2 Å². The van der Waals surface area contributed by atoms with Gasteiger partial charge in [0.1, 0.15) is 5.75 Å². The number of aromatic nitrogens is 2. The Balaban J connectivity index is 1.77. The van der Waals surface area contributed by atoms with Crippen LogP contribution in [-0.2, 0) is 0 Å². The second-order valence-corrected chi connectivity index (χ2v) is 4.71. The van der Waals surface area contributed by atoms with E-state index in [1.165, 1.54) is 0 Å². The molecule has 0 amide bonds. The van der Waals surface area contributed by atoms with Gasteiger partial charge < -0.3 is 9.15 Å². The van der Waals surface area contributed by atoms with Gasteiger partial charge in [0.25, 0.3) is 5.89 Å². The molecule has 0 N–H and O–H groups in total. The smallest absolute Gasteiger partial charge is 0.257 e. The Labute approximate surface area is 127 Å². The molecule has 0 aliphatic carbocycles. The highest BCUT2D eigenvalue weighted by molar-refractivity contribution is 5.51. The van der Waals surface area contributed by atoms with E-state index in [1.807, 2.05) is 37.3 Å². The van der Waals surface area contributed by atoms with E-state index in [2.05, 4.69) is 16.3 Å². The van der Waals surface area contributed by atoms with Crippen LogP contribution in [0.4, 0.5) is 0 Å². The third kappa shape index (κ3) is 2.96. The lowest BCUT2D eigenvalue weighted by Crippen LogP contribution is -2.03. The molecule has 2 aromatic carbocycles. The lowest BCUT2D eigenvalue weighted by atomic mass is 10.2. The minimum atomic E-state index is -0.404. The van der Waals surface area contributed by atoms with Crippen LogP contribution < -0.4 is 4.74 Å². The molecule has 0 saturated carbocycles. The van der Waals surface area contributed by atoms with Gasteiger partial charge in [0.05, 0.1) is 11.6 Å². The third-order valence-corrected chi connectivity index (χ3v) is 3.09. The maximum atomic E-state index is 8.90. The summed E-state index contributed by atoms with van der Waals surface area (Å²) >= 11 is 0. The van der Waals surface area contributed by atoms with Gasteiger partial charge in [-0.05, 0) is 37.3 Å². The van der Waals surface area contributed by atoms with Gasteiger partial charge in [0.2, 0.25) is 5.89 Å². The number of hydrogen-bond donors (Lipinski definition) is 0. The molecule has 0 radical (unpaired) electrons. The lowest BCUT2D eigenvalue weighted by Gasteiger charge is -2.10. The Morgan fingerprint density at radius 2 is 1.91 bits per heavy atom. The van der Waals surface area contributed by atoms with E-state index < -0.39 is 6.10 Å². The second-order valence-electron chi connectivity index (χ2n) is 4.71. The van der Waals surface area contributed by atoms with E-state index in [0.717, 1.165) is 5.56 Å². The Hall–Kier alpha value is -3.13. The van der Waals surface area contributed by atoms with Crippen molar-refractivity contribution in [3.05, 3.63) is 66.1 Å². The van der Waals surface area contributed by atoms with Crippen molar-refractivity contribution in [3.8, 4) is 23.3 Å². The van der Waals surface area contributed by atoms with E-state index in [0.29, 0.717) is 23.1 Å². The van der Waals surface area contributed by atoms with Crippen molar-refractivity contribution in [3.63, 3.8) is 0 Å². The molecule has 0 aliphatic heterocycles. The Kier molecular flexibility index (Phi) is 3.84. The average Bonchev–Trinajstić information content (AvgIpc) is 3.06. The molecule has 5 nitrogen and oxygen atoms in total. The van der Waals surface area contributed by atoms with Crippen molar-refractivity contribution >= 4 is 0 Å². The lowest BCUT2D eigenvalue weighted by molar-refractivity contribution is 0.189. The van der Waals surface area contributed by atoms with Crippen molar-refractivity contribution in [2.75, 3.05) is 0 Å². The number of nitriles is 1. The quantitative estimate of drug-likeness (QED) is 0.732. The average molecular weight is 291 g/mol. The number of hydrogen-bond acceptors (Lipinski definition) is 5. The molecule has 0 fully saturated rings. The molecule has 3 rings (SSSR count). The first-order valence-corrected chi connectivity index (χ1v) is 6.82. The van der Waals surface area contributed by atoms with Gasteiger partial charge in [0.15, 0.2) is 6.10 Å². The first kappa shape index (κ1) is 13.8. The molecule has 0 unspecified atom stereocenters. The van der Waals surface area contributed by atoms with E-state index in [1.54, 1.807) is 24.3 Å². The Bertz CT molecular complexity index is 806. The maximum absolute atomic E-state index is 8.90. The SMILES string of the molecule is C[C@@H](Oc1cccc(C#N)c1)c1nnc(-c2ccccc2)o1. The fourth-order valence-corrected chi connectivity index (χ4v) is 1.99. The normalized spacial score (nSPS) is 11.6. The molecule has 0 bridgehead atoms. The van der Waals surface area contributed by atoms with Gasteiger partial charge in [-0.3, -0.25) is 0 Å². The van der Waals surface area contributed by atoms with Crippen LogP contribution in [0, 0.1) is 11.3 Å². The fraction of sp³-hybridized carbons (Fsp3) is 0.118. The van der Waals surface area contributed by atoms with Crippen molar-refractivity contribution in [1.29, 1.82) is 5.26 Å². The summed E-state index contributed by atoms with van der Waals surface area (Å²) in [5.41, 5.74) is 1.40. The monoisotopic (exact) mass is 291 g/mol. The predicted molar refractivity (Wildman–Crippen MR) is 79.9 cm³/mol. The summed E-state index contributed by atoms with van der Waals surface area (Å²) in [7, 11) is 0. The molecule has 1 atom stereocenters. The minimum Gasteiger partial charge on any atom is -0.481 e. The molecule has 22 heavy (non-hydrogen) atoms. The first-order valence-electron chi connectivity index (χ1n) is 6.82. The van der Waals surface area contributed by atoms with Gasteiger partial charge in [-0.25, -0.2) is 0 Å². The van der Waals surface area contributed by atoms with Crippen LogP contribution in [0.3, 0.4) is 0 Å². The number of ether oxygens (including phenoxy) is 1. The van der Waals surface area contributed by atoms with Crippen LogP contribution >= 0.6 is 0 Å². The summed E-state index contributed by atoms with van der Waals surface area (Å²) in [4.78, 5) is 0. The van der Waals surface area contributed by atoms with Gasteiger partial charge in [0, 0.05) is 5.56 Å². The van der Waals surface area contributed by atoms with Gasteiger partial charge in [-0.2, -0.15) is 5.26 Å². The molecule has 1 aromatic heterocycles. The summed E-state index contributed by atoms with van der Waals surface area (Å²) in [6, 6.07) is 18.6. The highest BCUT2D eigenvalue weighted by Gasteiger charge is 2.16. The van der Waals surface area contributed by atoms with Crippen molar-refractivity contribution < 1.29 is 9.15 Å². The standard InChI is InChI=1S/C17H13N3O2/c1-12(21-15-9-5-6-13(10-15)11-18)16-19-20-17(22-16)14-7-3-2-4-8-14/h2-10,12H,1H3/t12-/m1/s1. The number of nitrogens with zero attached hydrogens (tertiary/aromatic N) is 3. The van der Waals surface area contributed by atoms with E-state index >= 15 is 0 Å². The van der Waals surface area contributed by atoms with Crippen LogP contribution in [0.25, 0.3) is 11.5 Å². The van der Waals surface area contributed by atoms with Crippen molar-refractivity contribution in [1.82, 2.24) is 10.2 Å². The first-order chi connectivity index (χ1) is 10.8. The van der Waals surface area contributed by atoms with Gasteiger partial charge in [-0.1, -0.05) is 24.3 Å². The van der Waals surface area contributed by atoms with Gasteiger partial charge >= 0.3 is 0 Å². The van der Waals surface area contributed by atoms with Crippen LogP contribution in [-0.4, -0.2) is 10.2 Å². The molecular formula is C17H13N3O2. The predicted octanol–water partition coefficient (Wildman–Crippen LogP) is 3.75. The summed E-state index contributed by atoms with van der Waals surface area (Å²) < 4.78 is 11.4. The zero-order chi connectivity index (χ0) is 15.4. The Morgan fingerprint density at radius 3 is 2.68 bits per heavy atom. The molecule has 0 spiro atoms. The van der Waals surface area contributed by atoms with Crippen molar-refractivity contribution in [2.24, 2.45) is 0 Å². The molecule has 0 saturated heterocycles. The van der Waals surface area contributed by atoms with E-state index in [-0.39, 0.29) is 0 Å². The summed E-state index contributed by atoms with van der Waals surface area (Å²) in [5.74, 6) is 1.43. The van der Waals surface area contributed by atoms with Crippen LogP contribution in [0.1, 0.15) is 24.5 Å².